The number of nitrogen functional groups attached to an aromatic ring is 1. The van der Waals surface area contributed by atoms with Gasteiger partial charge >= 0.3 is 5.97 Å². The molecule has 0 bridgehead atoms. The van der Waals surface area contributed by atoms with Crippen molar-refractivity contribution < 1.29 is 14.3 Å². The Kier molecular flexibility index (Phi) is 11.0. The number of nitrogens with one attached hydrogen (secondary N) is 2. The third-order valence-electron chi connectivity index (χ3n) is 6.18. The summed E-state index contributed by atoms with van der Waals surface area (Å²) in [6.07, 6.45) is 2.32. The molecule has 0 radical (unpaired) electrons. The molecule has 0 aliphatic carbocycles. The van der Waals surface area contributed by atoms with Crippen LogP contribution in [0.5, 0.6) is 0 Å². The van der Waals surface area contributed by atoms with Crippen molar-refractivity contribution in [2.75, 3.05) is 12.8 Å². The number of amides is 1. The van der Waals surface area contributed by atoms with Gasteiger partial charge in [0.2, 0.25) is 0 Å². The Balaban J connectivity index is 0.00000226. The predicted octanol–water partition coefficient (Wildman–Crippen LogP) is 5.09. The van der Waals surface area contributed by atoms with Gasteiger partial charge in [0.1, 0.15) is 0 Å². The molecule has 0 fully saturated rings. The molecule has 0 aliphatic rings. The number of esters is 1. The van der Waals surface area contributed by atoms with Gasteiger partial charge in [-0.2, -0.15) is 0 Å². The summed E-state index contributed by atoms with van der Waals surface area (Å²) in [5.74, 6) is -1.34. The standard InChI is InChI=1S/C30H27ClN4O4.C2H6/c1-39-30(38)28(27(33)24-17-23(31)12-13-25(24)32)34-29(37)22-6-4-5-21(16-22)15-19-8-10-20(11-9-19)18-35-14-3-2-7-26(35)36;1-2/h2-14,16-17,28,33H,15,18,32H2,1H3,(H,34,37);1-2H3. The van der Waals surface area contributed by atoms with Crippen LogP contribution in [0.15, 0.2) is 95.9 Å². The maximum Gasteiger partial charge on any atom is 0.334 e. The molecule has 1 unspecified atom stereocenters. The Labute approximate surface area is 244 Å². The number of halogens is 1. The number of carbonyl (C=O) groups is 2. The van der Waals surface area contributed by atoms with Crippen LogP contribution in [0.3, 0.4) is 0 Å². The lowest BCUT2D eigenvalue weighted by atomic mass is 9.99. The number of methoxy groups -OCH3 is 1. The number of hydrogen-bond acceptors (Lipinski definition) is 6. The van der Waals surface area contributed by atoms with Crippen LogP contribution >= 0.6 is 11.6 Å². The van der Waals surface area contributed by atoms with E-state index in [9.17, 15) is 14.4 Å². The summed E-state index contributed by atoms with van der Waals surface area (Å²) in [6, 6.07) is 23.2. The van der Waals surface area contributed by atoms with E-state index >= 15 is 0 Å². The van der Waals surface area contributed by atoms with Crippen molar-refractivity contribution in [3.63, 3.8) is 0 Å². The third-order valence-corrected chi connectivity index (χ3v) is 6.41. The molecule has 0 spiro atoms. The molecule has 0 aliphatic heterocycles. The smallest absolute Gasteiger partial charge is 0.334 e. The summed E-state index contributed by atoms with van der Waals surface area (Å²) >= 11 is 6.05. The van der Waals surface area contributed by atoms with E-state index in [1.807, 2.05) is 50.2 Å². The monoisotopic (exact) mass is 572 g/mol. The Morgan fingerprint density at radius 3 is 2.34 bits per heavy atom. The minimum absolute atomic E-state index is 0.0581. The lowest BCUT2D eigenvalue weighted by Gasteiger charge is -2.19. The van der Waals surface area contributed by atoms with Crippen LogP contribution in [0.4, 0.5) is 5.69 Å². The van der Waals surface area contributed by atoms with E-state index in [-0.39, 0.29) is 22.5 Å². The number of carbonyl (C=O) groups excluding carboxylic acids is 2. The molecule has 1 amide bonds. The normalized spacial score (nSPS) is 11.0. The van der Waals surface area contributed by atoms with Crippen LogP contribution in [0.25, 0.3) is 0 Å². The fourth-order valence-corrected chi connectivity index (χ4v) is 4.28. The maximum atomic E-state index is 13.1. The van der Waals surface area contributed by atoms with Crippen LogP contribution in [0.2, 0.25) is 5.02 Å². The number of pyridine rings is 1. The minimum atomic E-state index is -1.38. The minimum Gasteiger partial charge on any atom is -0.467 e. The van der Waals surface area contributed by atoms with Crippen LogP contribution < -0.4 is 16.6 Å². The highest BCUT2D eigenvalue weighted by Gasteiger charge is 2.29. The van der Waals surface area contributed by atoms with Gasteiger partial charge in [0, 0.05) is 34.1 Å². The number of benzene rings is 3. The summed E-state index contributed by atoms with van der Waals surface area (Å²) < 4.78 is 6.47. The molecule has 212 valence electrons. The molecular formula is C32H33ClN4O4. The molecule has 4 N–H and O–H groups in total. The van der Waals surface area contributed by atoms with Crippen LogP contribution in [0, 0.1) is 5.41 Å². The summed E-state index contributed by atoms with van der Waals surface area (Å²) in [5, 5.41) is 11.5. The topological polar surface area (TPSA) is 127 Å². The predicted molar refractivity (Wildman–Crippen MR) is 163 cm³/mol. The largest absolute Gasteiger partial charge is 0.467 e. The summed E-state index contributed by atoms with van der Waals surface area (Å²) in [7, 11) is 1.18. The van der Waals surface area contributed by atoms with E-state index < -0.39 is 17.9 Å². The zero-order valence-electron chi connectivity index (χ0n) is 23.2. The van der Waals surface area contributed by atoms with E-state index in [2.05, 4.69) is 5.32 Å². The zero-order chi connectivity index (χ0) is 29.9. The molecule has 0 saturated carbocycles. The number of rotatable bonds is 9. The Bertz CT molecular complexity index is 1580. The maximum absolute atomic E-state index is 13.1. The molecule has 1 heterocycles. The van der Waals surface area contributed by atoms with Crippen LogP contribution in [-0.2, 0) is 22.5 Å². The van der Waals surface area contributed by atoms with Crippen molar-refractivity contribution in [2.24, 2.45) is 0 Å². The molecule has 9 heteroatoms. The molecule has 0 saturated heterocycles. The van der Waals surface area contributed by atoms with Gasteiger partial charge in [-0.15, -0.1) is 0 Å². The molecule has 3 aromatic carbocycles. The van der Waals surface area contributed by atoms with E-state index in [4.69, 9.17) is 27.5 Å². The van der Waals surface area contributed by atoms with Gasteiger partial charge in [-0.3, -0.25) is 9.59 Å². The van der Waals surface area contributed by atoms with Crippen molar-refractivity contribution in [3.8, 4) is 0 Å². The van der Waals surface area contributed by atoms with Gasteiger partial charge in [-0.25, -0.2) is 4.79 Å². The second-order valence-corrected chi connectivity index (χ2v) is 9.37. The Morgan fingerprint density at radius 1 is 0.951 bits per heavy atom. The van der Waals surface area contributed by atoms with Gasteiger partial charge in [-0.1, -0.05) is 67.9 Å². The van der Waals surface area contributed by atoms with Gasteiger partial charge in [-0.05, 0) is 59.5 Å². The highest BCUT2D eigenvalue weighted by molar-refractivity contribution is 6.31. The molecule has 4 aromatic rings. The van der Waals surface area contributed by atoms with Crippen molar-refractivity contribution in [1.82, 2.24) is 9.88 Å². The van der Waals surface area contributed by atoms with Crippen molar-refractivity contribution >= 4 is 34.9 Å². The molecule has 41 heavy (non-hydrogen) atoms. The zero-order valence-corrected chi connectivity index (χ0v) is 23.9. The second-order valence-electron chi connectivity index (χ2n) is 8.94. The molecule has 4 rings (SSSR count). The van der Waals surface area contributed by atoms with Crippen molar-refractivity contribution in [2.45, 2.75) is 32.9 Å². The fraction of sp³-hybridized carbons (Fsp3) is 0.188. The lowest BCUT2D eigenvalue weighted by molar-refractivity contribution is -0.141. The lowest BCUT2D eigenvalue weighted by Crippen LogP contribution is -2.47. The molecule has 1 atom stereocenters. The fourth-order valence-electron chi connectivity index (χ4n) is 4.11. The highest BCUT2D eigenvalue weighted by Crippen LogP contribution is 2.20. The summed E-state index contributed by atoms with van der Waals surface area (Å²) in [5.41, 5.74) is 9.41. The first-order valence-corrected chi connectivity index (χ1v) is 13.5. The third kappa shape index (κ3) is 8.16. The van der Waals surface area contributed by atoms with E-state index in [0.717, 1.165) is 16.7 Å². The SMILES string of the molecule is CC.COC(=O)C(NC(=O)c1cccc(Cc2ccc(Cn3ccccc3=O)cc2)c1)C(=N)c1cc(Cl)ccc1N. The van der Waals surface area contributed by atoms with Gasteiger partial charge in [0.05, 0.1) is 19.4 Å². The molecular weight excluding hydrogens is 540 g/mol. The number of anilines is 1. The number of hydrogen-bond donors (Lipinski definition) is 3. The van der Waals surface area contributed by atoms with E-state index in [1.165, 1.54) is 25.3 Å². The quantitative estimate of drug-likeness (QED) is 0.146. The first-order valence-electron chi connectivity index (χ1n) is 13.1. The van der Waals surface area contributed by atoms with E-state index in [0.29, 0.717) is 23.6 Å². The van der Waals surface area contributed by atoms with Crippen molar-refractivity contribution in [3.05, 3.63) is 134 Å². The van der Waals surface area contributed by atoms with Gasteiger partial charge < -0.3 is 25.8 Å². The summed E-state index contributed by atoms with van der Waals surface area (Å²) in [6.45, 7) is 4.48. The second kappa shape index (κ2) is 14.6. The highest BCUT2D eigenvalue weighted by atomic mass is 35.5. The van der Waals surface area contributed by atoms with Gasteiger partial charge in [0.25, 0.3) is 11.5 Å². The number of ether oxygens (including phenoxy) is 1. The van der Waals surface area contributed by atoms with E-state index in [1.54, 1.807) is 41.1 Å². The number of aromatic nitrogens is 1. The first-order chi connectivity index (χ1) is 19.7. The number of nitrogens with zero attached hydrogens (tertiary/aromatic N) is 1. The molecule has 1 aromatic heterocycles. The first kappa shape index (κ1) is 30.8. The molecule has 8 nitrogen and oxygen atoms in total. The van der Waals surface area contributed by atoms with Crippen LogP contribution in [0.1, 0.15) is 46.5 Å². The van der Waals surface area contributed by atoms with Gasteiger partial charge in [0.15, 0.2) is 6.04 Å². The summed E-state index contributed by atoms with van der Waals surface area (Å²) in [4.78, 5) is 37.6. The average Bonchev–Trinajstić information content (AvgIpc) is 2.99. The van der Waals surface area contributed by atoms with Crippen LogP contribution in [-0.4, -0.2) is 35.3 Å². The Hall–Kier alpha value is -4.69. The average molecular weight is 573 g/mol. The number of nitrogens with two attached hydrogens (primary N) is 1. The van der Waals surface area contributed by atoms with Crippen molar-refractivity contribution in [1.29, 1.82) is 5.41 Å². The Morgan fingerprint density at radius 2 is 1.66 bits per heavy atom.